The van der Waals surface area contributed by atoms with E-state index in [0.29, 0.717) is 69.9 Å². The van der Waals surface area contributed by atoms with Crippen molar-refractivity contribution in [1.29, 1.82) is 0 Å². The van der Waals surface area contributed by atoms with Gasteiger partial charge in [-0.2, -0.15) is 30.6 Å². The van der Waals surface area contributed by atoms with Crippen LogP contribution in [-0.2, 0) is 19.6 Å². The van der Waals surface area contributed by atoms with Crippen LogP contribution in [0.25, 0.3) is 62.0 Å². The van der Waals surface area contributed by atoms with Gasteiger partial charge in [0.25, 0.3) is 11.8 Å². The summed E-state index contributed by atoms with van der Waals surface area (Å²) in [5.74, 6) is 0.0376. The Bertz CT molecular complexity index is 6840. The number of phenolic OH excluding ortho intramolecular Hbond substituents is 1. The predicted octanol–water partition coefficient (Wildman–Crippen LogP) is 14.6. The lowest BCUT2D eigenvalue weighted by molar-refractivity contribution is 0.0906. The Morgan fingerprint density at radius 2 is 0.699 bits per heavy atom. The number of carbonyl (C=O) groups is 6. The summed E-state index contributed by atoms with van der Waals surface area (Å²) in [5, 5.41) is 103. The van der Waals surface area contributed by atoms with Gasteiger partial charge >= 0.3 is 24.1 Å². The van der Waals surface area contributed by atoms with Gasteiger partial charge in [-0.3, -0.25) is 86.3 Å². The minimum absolute atomic E-state index is 0.166. The van der Waals surface area contributed by atoms with E-state index in [1.54, 1.807) is 195 Å². The Labute approximate surface area is 812 Å². The zero-order valence-corrected chi connectivity index (χ0v) is 75.7. The monoisotopic (exact) mass is 1940 g/mol. The van der Waals surface area contributed by atoms with Crippen LogP contribution in [-0.4, -0.2) is 174 Å². The maximum Gasteiger partial charge on any atom is 0.321 e. The number of nitrogens with one attached hydrogen (secondary N) is 15. The molecule has 726 valence electrons. The van der Waals surface area contributed by atoms with Crippen LogP contribution in [0.4, 0.5) is 60.0 Å². The molecule has 1 unspecified atom stereocenters. The number of ether oxygens (including phenoxy) is 1. The molecule has 0 spiro atoms. The molecule has 43 heteroatoms. The van der Waals surface area contributed by atoms with Crippen LogP contribution in [0.5, 0.6) is 11.5 Å². The number of aliphatic hydroxyl groups excluding tert-OH is 3. The maximum atomic E-state index is 13.3. The highest BCUT2D eigenvalue weighted by Gasteiger charge is 2.22. The van der Waals surface area contributed by atoms with E-state index in [4.69, 9.17) is 4.74 Å². The second-order valence-electron chi connectivity index (χ2n) is 30.4. The summed E-state index contributed by atoms with van der Waals surface area (Å²) in [4.78, 5) is 96.1. The molecule has 18 rings (SSSR count). The van der Waals surface area contributed by atoms with Gasteiger partial charge < -0.3 is 57.1 Å². The molecule has 19 N–H and O–H groups in total. The number of rotatable bonds is 28. The fourth-order valence-corrected chi connectivity index (χ4v) is 13.2. The van der Waals surface area contributed by atoms with E-state index < -0.39 is 59.5 Å². The lowest BCUT2D eigenvalue weighted by Crippen LogP contribution is -2.34. The second kappa shape index (κ2) is 52.1. The molecule has 0 bridgehead atoms. The first-order valence-electron chi connectivity index (χ1n) is 43.5. The topological polar surface area (TPSA) is 551 Å². The van der Waals surface area contributed by atoms with Crippen molar-refractivity contribution in [3.05, 3.63) is 403 Å². The summed E-state index contributed by atoms with van der Waals surface area (Å²) < 4.78 is 59.6. The normalized spacial score (nSPS) is 11.1. The van der Waals surface area contributed by atoms with Gasteiger partial charge in [-0.05, 0) is 185 Å². The third-order valence-corrected chi connectivity index (χ3v) is 20.3. The van der Waals surface area contributed by atoms with Crippen LogP contribution < -0.4 is 57.9 Å². The first-order valence-corrected chi connectivity index (χ1v) is 43.5. The lowest BCUT2D eigenvalue weighted by atomic mass is 10.1. The number of methoxy groups -OCH3 is 1. The third kappa shape index (κ3) is 31.6. The molecule has 0 saturated heterocycles. The van der Waals surface area contributed by atoms with Gasteiger partial charge in [0.15, 0.2) is 23.3 Å². The SMILES string of the molecule is COc1cccc(CNC(=O)Nc2cc(-c3ccncc3)[nH]n2)c1.O=C(NCc1cccc(F)c1)Nc1cc(-c2ccncc2)[nH]n1.O=C(NCc1cccc(O)c1)Nc1cc(-c2ccncc2)[nH]n1.O=C(N[C@H](CO)c1cccc(F)c1)c1cc(-c2ccncc2)n[nH]1.O=C(N[C@H](CO)c1cccc(F)c1)c1cnn(-c2ccncc2)c1.O=C(Nc1cc(-c2ccncc2)[nH]n1)NC(CO)c1cccc(F)c1. The number of hydrogen-bond donors (Lipinski definition) is 19. The number of aromatic hydroxyl groups is 1. The number of hydrogen-bond acceptors (Lipinski definition) is 23. The quantitative estimate of drug-likeness (QED) is 0.0203. The Kier molecular flexibility index (Phi) is 36.9. The molecule has 0 radical (unpaired) electrons. The minimum atomic E-state index is -0.727. The molecule has 143 heavy (non-hydrogen) atoms. The first-order chi connectivity index (χ1) is 69.6. The Morgan fingerprint density at radius 3 is 1.08 bits per heavy atom. The van der Waals surface area contributed by atoms with Crippen molar-refractivity contribution in [1.82, 2.24) is 123 Å². The third-order valence-electron chi connectivity index (χ3n) is 20.3. The van der Waals surface area contributed by atoms with Crippen molar-refractivity contribution in [2.75, 3.05) is 48.2 Å². The van der Waals surface area contributed by atoms with Crippen LogP contribution in [0.15, 0.2) is 335 Å². The first kappa shape index (κ1) is 101. The highest BCUT2D eigenvalue weighted by atomic mass is 19.1. The van der Waals surface area contributed by atoms with Gasteiger partial charge in [-0.25, -0.2) is 41.4 Å². The Balaban J connectivity index is 0.000000144. The number of nitrogens with zero attached hydrogens (tertiary/aromatic N) is 13. The minimum Gasteiger partial charge on any atom is -0.508 e. The summed E-state index contributed by atoms with van der Waals surface area (Å²) in [7, 11) is 1.61. The molecule has 0 saturated carbocycles. The molecular formula is C100H92F4N28O11. The zero-order chi connectivity index (χ0) is 100. The number of aliphatic hydroxyl groups is 3. The van der Waals surface area contributed by atoms with Gasteiger partial charge in [0, 0.05) is 152 Å². The van der Waals surface area contributed by atoms with Gasteiger partial charge in [0.2, 0.25) is 0 Å². The molecule has 6 aromatic carbocycles. The van der Waals surface area contributed by atoms with Crippen molar-refractivity contribution in [3.63, 3.8) is 0 Å². The van der Waals surface area contributed by atoms with E-state index in [9.17, 15) is 66.8 Å². The van der Waals surface area contributed by atoms with Crippen LogP contribution in [0.2, 0.25) is 0 Å². The van der Waals surface area contributed by atoms with Gasteiger partial charge in [0.05, 0.1) is 91.0 Å². The number of amides is 10. The molecule has 3 atom stereocenters. The van der Waals surface area contributed by atoms with Crippen LogP contribution in [0, 0.1) is 23.3 Å². The fraction of sp³-hybridized carbons (Fsp3) is 0.100. The number of aromatic amines is 5. The molecule has 12 aromatic heterocycles. The largest absolute Gasteiger partial charge is 0.508 e. The van der Waals surface area contributed by atoms with Crippen LogP contribution in [0.3, 0.4) is 0 Å². The standard InChI is InChI=1S/C17H16FN5O2.2C17H15FN4O2.C17H17N5O2.C16H14FN5O.C16H15N5O2/c18-13-3-1-2-12(8-13)15(10-24)20-17(25)21-16-9-14(22-23-16)11-4-6-19-7-5-11;18-14-3-1-2-12(8-14)16(11-23)21-17(24)13-9-20-22(10-13)15-4-6-19-7-5-15;18-13-3-1-2-12(8-13)16(10-23)20-17(24)15-9-14(21-22-15)11-4-6-19-7-5-11;1-24-14-4-2-3-12(9-14)11-19-17(23)20-16-10-15(21-22-16)13-5-7-18-8-6-13;17-13-3-1-2-11(8-13)10-19-16(23)20-15-9-14(21-22-15)12-4-6-18-7-5-12;22-13-3-1-2-11(8-13)10-18-16(23)19-15-9-14(20-21-15)12-4-6-17-7-5-12/h1-9,15,24H,10H2,(H3,20,21,22,23,25);1-10,16,23H,11H2,(H,21,24);1-9,16,23H,10H2,(H,20,24)(H,21,22);2-10H,11H2,1H3,(H3,19,20,21,22,23);1-9H,10H2,(H3,19,20,21,22,23);1-9,22H,10H2,(H3,18,19,20,21,23)/t;2*16-;;;/m.11.../s1. The Morgan fingerprint density at radius 1 is 0.357 bits per heavy atom. The average molecular weight is 1940 g/mol. The highest BCUT2D eigenvalue weighted by Crippen LogP contribution is 2.27. The summed E-state index contributed by atoms with van der Waals surface area (Å²) in [5.41, 5.74) is 13.4. The number of H-pyrrole nitrogens is 5. The molecular weight excluding hydrogens is 1850 g/mol. The fourth-order valence-electron chi connectivity index (χ4n) is 13.2. The van der Waals surface area contributed by atoms with Crippen molar-refractivity contribution in [2.24, 2.45) is 0 Å². The number of carbonyl (C=O) groups excluding carboxylic acids is 6. The number of anilines is 4. The van der Waals surface area contributed by atoms with E-state index >= 15 is 0 Å². The molecule has 0 aliphatic carbocycles. The van der Waals surface area contributed by atoms with E-state index in [1.807, 2.05) is 78.9 Å². The van der Waals surface area contributed by atoms with E-state index in [2.05, 4.69) is 139 Å². The predicted molar refractivity (Wildman–Crippen MR) is 521 cm³/mol. The summed E-state index contributed by atoms with van der Waals surface area (Å²) >= 11 is 0. The molecule has 18 aromatic rings. The van der Waals surface area contributed by atoms with Crippen LogP contribution >= 0.6 is 0 Å². The molecule has 0 aliphatic heterocycles. The van der Waals surface area contributed by atoms with Crippen molar-refractivity contribution in [3.8, 4) is 73.5 Å². The van der Waals surface area contributed by atoms with E-state index in [-0.39, 0.29) is 55.7 Å². The molecule has 0 aliphatic rings. The highest BCUT2D eigenvalue weighted by molar-refractivity contribution is 5.95. The Hall–Kier alpha value is -19.3. The number of urea groups is 4. The number of pyridine rings is 6. The summed E-state index contributed by atoms with van der Waals surface area (Å²) in [6, 6.07) is 63.9. The van der Waals surface area contributed by atoms with Gasteiger partial charge in [0.1, 0.15) is 40.5 Å². The summed E-state index contributed by atoms with van der Waals surface area (Å²) in [6.45, 7) is -0.119. The van der Waals surface area contributed by atoms with Gasteiger partial charge in [-0.15, -0.1) is 0 Å². The van der Waals surface area contributed by atoms with E-state index in [0.717, 1.165) is 73.2 Å². The summed E-state index contributed by atoms with van der Waals surface area (Å²) in [6.07, 6.45) is 23.0. The molecule has 39 nitrogen and oxygen atoms in total. The smallest absolute Gasteiger partial charge is 0.321 e. The lowest BCUT2D eigenvalue weighted by Gasteiger charge is -2.16. The molecule has 12 heterocycles. The number of phenols is 1. The number of aromatic nitrogens is 18. The zero-order valence-electron chi connectivity index (χ0n) is 75.7. The number of halogens is 4. The second-order valence-corrected chi connectivity index (χ2v) is 30.4. The van der Waals surface area contributed by atoms with E-state index in [1.165, 1.54) is 72.9 Å². The van der Waals surface area contributed by atoms with Crippen molar-refractivity contribution < 1.29 is 71.5 Å². The van der Waals surface area contributed by atoms with Gasteiger partial charge in [-0.1, -0.05) is 72.8 Å². The number of benzene rings is 6. The van der Waals surface area contributed by atoms with Crippen LogP contribution in [0.1, 0.15) is 72.4 Å². The van der Waals surface area contributed by atoms with Crippen molar-refractivity contribution >= 4 is 59.2 Å². The molecule has 0 fully saturated rings. The molecule has 10 amide bonds. The average Bonchev–Trinajstić information content (AvgIpc) is 1.78. The maximum absolute atomic E-state index is 13.3. The van der Waals surface area contributed by atoms with Crippen molar-refractivity contribution in [2.45, 2.75) is 37.8 Å².